The minimum Gasteiger partial charge on any atom is -0.252 e. The molecular weight excluding hydrogens is 1600 g/mol. The monoisotopic (exact) mass is 1670 g/mol. The molecule has 132 heavy (non-hydrogen) atoms. The molecule has 0 aliphatic heterocycles. The molecular formula is C126H78N6. The standard InChI is InChI=1S/C50H30N2.C44H28N2.C32H20N2/c1-3-15-36-31(13-1)28-46(42-21-7-5-17-38(36)42)33-25-34(47-29-32-14-2-4-16-37(32)39-18-6-8-22-43(39)47)27-35(26-33)48-30-51-49-44-23-11-9-19-40(44)41-20-10-12-24-45(41)50(49)52-48;1-3-11-29(12-4-1)32-21-23-38-40(26-32)41-27-33(30-13-5-2-6-14-30)22-24-39(41)44-43(38)45-28-42(46-44)35-18-9-17-34(25-35)37-20-10-16-31-15-7-8-19-36(31)37;1-2-11-25-21(7-1)8-6-14-26(25)24-10-5-9-22(19-24)23-15-16-28-27-12-3-4-13-29(27)31-32(30(28)20-23)34-18-17-33-31/h1-30H;1-28H;1-20H. The second-order valence-electron chi connectivity index (χ2n) is 34.2. The molecule has 0 unspecified atom stereocenters. The Hall–Kier alpha value is -17.6. The van der Waals surface area contributed by atoms with Gasteiger partial charge in [0, 0.05) is 55.8 Å². The molecule has 24 aromatic carbocycles. The first-order chi connectivity index (χ1) is 65.4. The van der Waals surface area contributed by atoms with E-state index in [0.29, 0.717) is 0 Å². The molecule has 6 heteroatoms. The largest absolute Gasteiger partial charge is 0.252 e. The van der Waals surface area contributed by atoms with Crippen molar-refractivity contribution in [2.45, 2.75) is 0 Å². The molecule has 0 spiro atoms. The smallest absolute Gasteiger partial charge is 0.0979 e. The SMILES string of the molecule is c1cc(-c2ccc3c4ccccc4c4nccnc4c3c2)cc(-c2cccc3ccccc23)c1.c1ccc(-c2ccc3c(c2)c2cc(-c4ccccc4)ccc2c2nc(-c4cccc(-c5cccc6ccccc56)c4)cnc32)cc1.c1ccc2c(c1)cc(-c1cc(-c3cnc4c5ccccc5c5ccccc5c4n3)cc(-c3cc4ccccc4c4ccccc34)c1)c1ccccc12. The van der Waals surface area contributed by atoms with Crippen molar-refractivity contribution in [2.75, 3.05) is 0 Å². The summed E-state index contributed by atoms with van der Waals surface area (Å²) in [4.78, 5) is 30.5. The summed E-state index contributed by atoms with van der Waals surface area (Å²) in [7, 11) is 0. The molecule has 0 saturated carbocycles. The van der Waals surface area contributed by atoms with Crippen molar-refractivity contribution in [2.24, 2.45) is 0 Å². The Balaban J connectivity index is 0.000000109. The van der Waals surface area contributed by atoms with E-state index < -0.39 is 0 Å². The maximum Gasteiger partial charge on any atom is 0.0979 e. The summed E-state index contributed by atoms with van der Waals surface area (Å²) in [6.45, 7) is 0. The molecule has 27 rings (SSSR count). The molecule has 6 nitrogen and oxygen atoms in total. The van der Waals surface area contributed by atoms with Crippen molar-refractivity contribution in [1.29, 1.82) is 0 Å². The van der Waals surface area contributed by atoms with Gasteiger partial charge >= 0.3 is 0 Å². The van der Waals surface area contributed by atoms with Gasteiger partial charge < -0.3 is 0 Å². The molecule has 0 saturated heterocycles. The lowest BCUT2D eigenvalue weighted by Gasteiger charge is -2.16. The Morgan fingerprint density at radius 2 is 0.402 bits per heavy atom. The molecule has 0 fully saturated rings. The van der Waals surface area contributed by atoms with Crippen LogP contribution in [0.25, 0.3) is 263 Å². The number of fused-ring (bicyclic) bond motifs is 26. The van der Waals surface area contributed by atoms with Crippen molar-refractivity contribution in [3.8, 4) is 100 Å². The van der Waals surface area contributed by atoms with E-state index in [4.69, 9.17) is 24.9 Å². The van der Waals surface area contributed by atoms with E-state index in [1.807, 2.05) is 12.4 Å². The fourth-order valence-electron chi connectivity index (χ4n) is 20.4. The first-order valence-electron chi connectivity index (χ1n) is 45.0. The van der Waals surface area contributed by atoms with Crippen LogP contribution in [0.1, 0.15) is 0 Å². The maximum absolute atomic E-state index is 5.46. The molecule has 0 N–H and O–H groups in total. The fourth-order valence-corrected chi connectivity index (χ4v) is 20.4. The zero-order valence-corrected chi connectivity index (χ0v) is 71.7. The first kappa shape index (κ1) is 76.8. The van der Waals surface area contributed by atoms with Crippen LogP contribution < -0.4 is 0 Å². The lowest BCUT2D eigenvalue weighted by molar-refractivity contribution is 1.31. The number of benzene rings is 24. The lowest BCUT2D eigenvalue weighted by Crippen LogP contribution is -1.94. The normalized spacial score (nSPS) is 11.6. The van der Waals surface area contributed by atoms with E-state index in [1.165, 1.54) is 164 Å². The summed E-state index contributed by atoms with van der Waals surface area (Å²) in [5, 5.41) is 28.8. The van der Waals surface area contributed by atoms with Crippen LogP contribution in [0.5, 0.6) is 0 Å². The van der Waals surface area contributed by atoms with Gasteiger partial charge in [0.2, 0.25) is 0 Å². The van der Waals surface area contributed by atoms with Crippen LogP contribution in [-0.4, -0.2) is 29.9 Å². The molecule has 27 aromatic rings. The van der Waals surface area contributed by atoms with Crippen molar-refractivity contribution in [3.63, 3.8) is 0 Å². The molecule has 0 atom stereocenters. The van der Waals surface area contributed by atoms with Gasteiger partial charge in [0.15, 0.2) is 0 Å². The summed E-state index contributed by atoms with van der Waals surface area (Å²) in [6.07, 6.45) is 7.45. The van der Waals surface area contributed by atoms with Gasteiger partial charge in [0.05, 0.1) is 56.9 Å². The molecule has 3 aromatic heterocycles. The van der Waals surface area contributed by atoms with E-state index in [1.54, 1.807) is 12.4 Å². The van der Waals surface area contributed by atoms with Gasteiger partial charge in [-0.15, -0.1) is 0 Å². The second kappa shape index (κ2) is 32.4. The summed E-state index contributed by atoms with van der Waals surface area (Å²) < 4.78 is 0. The molecule has 0 bridgehead atoms. The third-order valence-electron chi connectivity index (χ3n) is 26.6. The minimum atomic E-state index is 0.853. The first-order valence-corrected chi connectivity index (χ1v) is 45.0. The zero-order chi connectivity index (χ0) is 87.1. The van der Waals surface area contributed by atoms with Crippen molar-refractivity contribution in [3.05, 3.63) is 474 Å². The number of hydrogen-bond donors (Lipinski definition) is 0. The molecule has 0 radical (unpaired) electrons. The van der Waals surface area contributed by atoms with Crippen LogP contribution in [0.2, 0.25) is 0 Å². The van der Waals surface area contributed by atoms with Gasteiger partial charge in [-0.3, -0.25) is 19.9 Å². The van der Waals surface area contributed by atoms with E-state index in [0.717, 1.165) is 99.1 Å². The summed E-state index contributed by atoms with van der Waals surface area (Å²) >= 11 is 0. The van der Waals surface area contributed by atoms with Crippen LogP contribution in [0.4, 0.5) is 0 Å². The van der Waals surface area contributed by atoms with Crippen molar-refractivity contribution < 1.29 is 0 Å². The number of hydrogen-bond acceptors (Lipinski definition) is 6. The van der Waals surface area contributed by atoms with Crippen molar-refractivity contribution in [1.82, 2.24) is 29.9 Å². The Morgan fingerprint density at radius 1 is 0.121 bits per heavy atom. The zero-order valence-electron chi connectivity index (χ0n) is 71.7. The van der Waals surface area contributed by atoms with Gasteiger partial charge in [-0.2, -0.15) is 0 Å². The highest BCUT2D eigenvalue weighted by Crippen LogP contribution is 2.46. The average Bonchev–Trinajstić information content (AvgIpc) is 0.729. The number of rotatable bonds is 9. The predicted octanol–water partition coefficient (Wildman–Crippen LogP) is 33.7. The topological polar surface area (TPSA) is 77.3 Å². The predicted molar refractivity (Wildman–Crippen MR) is 558 cm³/mol. The Labute approximate surface area is 761 Å². The maximum atomic E-state index is 5.46. The Morgan fingerprint density at radius 3 is 0.886 bits per heavy atom. The van der Waals surface area contributed by atoms with Gasteiger partial charge in [0.1, 0.15) is 0 Å². The third kappa shape index (κ3) is 13.5. The van der Waals surface area contributed by atoms with Gasteiger partial charge in [0.25, 0.3) is 0 Å². The lowest BCUT2D eigenvalue weighted by atomic mass is 9.88. The van der Waals surface area contributed by atoms with E-state index in [-0.39, 0.29) is 0 Å². The third-order valence-corrected chi connectivity index (χ3v) is 26.6. The van der Waals surface area contributed by atoms with Crippen LogP contribution in [0.3, 0.4) is 0 Å². The highest BCUT2D eigenvalue weighted by molar-refractivity contribution is 6.27. The van der Waals surface area contributed by atoms with Crippen LogP contribution in [0.15, 0.2) is 474 Å². The van der Waals surface area contributed by atoms with Crippen LogP contribution in [-0.2, 0) is 0 Å². The molecule has 0 aliphatic carbocycles. The summed E-state index contributed by atoms with van der Waals surface area (Å²) in [5.41, 5.74) is 26.1. The second-order valence-corrected chi connectivity index (χ2v) is 34.2. The average molecular weight is 1680 g/mol. The Bertz CT molecular complexity index is 9160. The van der Waals surface area contributed by atoms with Gasteiger partial charge in [-0.25, -0.2) is 9.97 Å². The van der Waals surface area contributed by atoms with E-state index >= 15 is 0 Å². The van der Waals surface area contributed by atoms with Crippen LogP contribution in [0, 0.1) is 0 Å². The van der Waals surface area contributed by atoms with Crippen LogP contribution >= 0.6 is 0 Å². The fraction of sp³-hybridized carbons (Fsp3) is 0. The Kier molecular flexibility index (Phi) is 18.8. The summed E-state index contributed by atoms with van der Waals surface area (Å²) in [5.74, 6) is 0. The molecule has 612 valence electrons. The summed E-state index contributed by atoms with van der Waals surface area (Å²) in [6, 6.07) is 161. The highest BCUT2D eigenvalue weighted by Gasteiger charge is 2.22. The minimum absolute atomic E-state index is 0.853. The molecule has 0 amide bonds. The van der Waals surface area contributed by atoms with Crippen molar-refractivity contribution >= 4 is 162 Å². The quantitative estimate of drug-likeness (QED) is 0.134. The van der Waals surface area contributed by atoms with Gasteiger partial charge in [-0.1, -0.05) is 388 Å². The molecule has 0 aliphatic rings. The number of nitrogens with zero attached hydrogens (tertiary/aromatic N) is 6. The highest BCUT2D eigenvalue weighted by atomic mass is 14.8. The van der Waals surface area contributed by atoms with E-state index in [2.05, 4.69) is 454 Å². The molecule has 3 heterocycles. The van der Waals surface area contributed by atoms with Gasteiger partial charge in [-0.05, 0) is 236 Å². The van der Waals surface area contributed by atoms with E-state index in [9.17, 15) is 0 Å². The number of aromatic nitrogens is 6.